The number of benzene rings is 2. The molecule has 0 heterocycles. The third kappa shape index (κ3) is 7.34. The number of rotatable bonds is 11. The van der Waals surface area contributed by atoms with E-state index < -0.39 is 41.2 Å². The van der Waals surface area contributed by atoms with Crippen molar-refractivity contribution in [2.75, 3.05) is 13.2 Å². The van der Waals surface area contributed by atoms with Crippen LogP contribution in [0.1, 0.15) is 57.1 Å². The number of unbranched alkanes of at least 4 members (excludes halogenated alkanes) is 1. The Morgan fingerprint density at radius 2 is 1.51 bits per heavy atom. The lowest BCUT2D eigenvalue weighted by Gasteiger charge is -2.21. The van der Waals surface area contributed by atoms with Gasteiger partial charge in [0.1, 0.15) is 18.1 Å². The van der Waals surface area contributed by atoms with Crippen molar-refractivity contribution in [2.24, 2.45) is 5.41 Å². The van der Waals surface area contributed by atoms with Crippen molar-refractivity contribution in [2.45, 2.75) is 52.0 Å². The minimum atomic E-state index is -1.75. The number of nitrogens with one attached hydrogen (secondary N) is 4. The molecular formula is C28H34N4O7. The van der Waals surface area contributed by atoms with Gasteiger partial charge < -0.3 is 20.5 Å². The fraction of sp³-hybridized carbons (Fsp3) is 0.393. The number of carboxylic acid groups (broad SMARTS) is 1. The molecule has 3 rings (SSSR count). The Kier molecular flexibility index (Phi) is 9.64. The van der Waals surface area contributed by atoms with E-state index in [0.717, 1.165) is 22.3 Å². The van der Waals surface area contributed by atoms with E-state index in [-0.39, 0.29) is 18.9 Å². The van der Waals surface area contributed by atoms with Crippen LogP contribution in [0, 0.1) is 5.41 Å². The van der Waals surface area contributed by atoms with Crippen molar-refractivity contribution in [3.05, 3.63) is 59.7 Å². The first kappa shape index (κ1) is 29.2. The van der Waals surface area contributed by atoms with Gasteiger partial charge in [-0.3, -0.25) is 30.0 Å². The summed E-state index contributed by atoms with van der Waals surface area (Å²) in [5, 5.41) is 14.3. The minimum Gasteiger partial charge on any atom is -0.480 e. The van der Waals surface area contributed by atoms with Crippen LogP contribution in [0.25, 0.3) is 11.1 Å². The maximum absolute atomic E-state index is 12.5. The molecule has 1 atom stereocenters. The Hall–Kier alpha value is -4.41. The van der Waals surface area contributed by atoms with Crippen molar-refractivity contribution in [3.8, 4) is 11.1 Å². The molecule has 0 bridgehead atoms. The van der Waals surface area contributed by atoms with Crippen molar-refractivity contribution in [1.29, 1.82) is 0 Å². The summed E-state index contributed by atoms with van der Waals surface area (Å²) in [4.78, 5) is 59.5. The van der Waals surface area contributed by atoms with E-state index in [0.29, 0.717) is 19.4 Å². The molecule has 2 aromatic rings. The number of carboxylic acids is 1. The fourth-order valence-electron chi connectivity index (χ4n) is 4.29. The molecule has 5 N–H and O–H groups in total. The second kappa shape index (κ2) is 12.9. The fourth-order valence-corrected chi connectivity index (χ4v) is 4.29. The molecule has 0 saturated heterocycles. The van der Waals surface area contributed by atoms with E-state index in [9.17, 15) is 24.0 Å². The van der Waals surface area contributed by atoms with Crippen LogP contribution in [0.3, 0.4) is 0 Å². The highest BCUT2D eigenvalue weighted by atomic mass is 16.5. The third-order valence-corrected chi connectivity index (χ3v) is 6.63. The van der Waals surface area contributed by atoms with Gasteiger partial charge in [-0.15, -0.1) is 0 Å². The summed E-state index contributed by atoms with van der Waals surface area (Å²) in [5.74, 6) is -3.43. The van der Waals surface area contributed by atoms with Gasteiger partial charge in [0.15, 0.2) is 0 Å². The Balaban J connectivity index is 1.41. The van der Waals surface area contributed by atoms with Crippen LogP contribution in [-0.2, 0) is 23.9 Å². The highest BCUT2D eigenvalue weighted by Crippen LogP contribution is 2.44. The number of aliphatic carboxylic acids is 1. The summed E-state index contributed by atoms with van der Waals surface area (Å²) in [6, 6.07) is 15.2. The van der Waals surface area contributed by atoms with Crippen LogP contribution >= 0.6 is 0 Å². The first-order chi connectivity index (χ1) is 18.5. The van der Waals surface area contributed by atoms with Gasteiger partial charge in [-0.2, -0.15) is 0 Å². The number of carbonyl (C=O) groups is 5. The number of hydrogen-bond donors (Lipinski definition) is 5. The van der Waals surface area contributed by atoms with Crippen molar-refractivity contribution in [3.63, 3.8) is 0 Å². The average Bonchev–Trinajstić information content (AvgIpc) is 3.22. The molecule has 208 valence electrons. The van der Waals surface area contributed by atoms with Crippen LogP contribution in [0.2, 0.25) is 0 Å². The number of fused-ring (bicyclic) bond motifs is 3. The Morgan fingerprint density at radius 3 is 2.08 bits per heavy atom. The van der Waals surface area contributed by atoms with Crippen LogP contribution in [-0.4, -0.2) is 54.1 Å². The highest BCUT2D eigenvalue weighted by Gasteiger charge is 2.36. The molecule has 2 aromatic carbocycles. The predicted octanol–water partition coefficient (Wildman–Crippen LogP) is 2.46. The van der Waals surface area contributed by atoms with Gasteiger partial charge in [0.2, 0.25) is 5.91 Å². The van der Waals surface area contributed by atoms with Crippen LogP contribution in [0.4, 0.5) is 4.79 Å². The van der Waals surface area contributed by atoms with Gasteiger partial charge >= 0.3 is 12.1 Å². The van der Waals surface area contributed by atoms with Gasteiger partial charge in [-0.05, 0) is 55.4 Å². The molecule has 39 heavy (non-hydrogen) atoms. The molecule has 0 saturated carbocycles. The molecule has 0 radical (unpaired) electrons. The molecule has 11 heteroatoms. The number of hydrogen-bond acceptors (Lipinski definition) is 6. The van der Waals surface area contributed by atoms with Gasteiger partial charge in [-0.25, -0.2) is 4.79 Å². The molecule has 0 aliphatic heterocycles. The summed E-state index contributed by atoms with van der Waals surface area (Å²) in [6.45, 7) is 4.16. The number of amides is 4. The second-order valence-corrected chi connectivity index (χ2v) is 9.87. The largest absolute Gasteiger partial charge is 0.480 e. The third-order valence-electron chi connectivity index (χ3n) is 6.63. The summed E-state index contributed by atoms with van der Waals surface area (Å²) < 4.78 is 5.50. The number of alkyl carbamates (subject to hydrolysis) is 1. The predicted molar refractivity (Wildman–Crippen MR) is 142 cm³/mol. The van der Waals surface area contributed by atoms with Crippen molar-refractivity contribution < 1.29 is 33.8 Å². The van der Waals surface area contributed by atoms with Gasteiger partial charge in [-0.1, -0.05) is 48.5 Å². The molecule has 1 aliphatic rings. The molecule has 0 aromatic heterocycles. The topological polar surface area (TPSA) is 163 Å². The summed E-state index contributed by atoms with van der Waals surface area (Å²) in [5.41, 5.74) is 7.02. The maximum atomic E-state index is 12.5. The van der Waals surface area contributed by atoms with E-state index in [4.69, 9.17) is 9.84 Å². The Bertz CT molecular complexity index is 1200. The maximum Gasteiger partial charge on any atom is 0.407 e. The van der Waals surface area contributed by atoms with E-state index in [2.05, 4.69) is 33.6 Å². The van der Waals surface area contributed by atoms with Gasteiger partial charge in [0.25, 0.3) is 11.8 Å². The Labute approximate surface area is 226 Å². The van der Waals surface area contributed by atoms with Crippen molar-refractivity contribution in [1.82, 2.24) is 21.5 Å². The molecule has 1 aliphatic carbocycles. The monoisotopic (exact) mass is 538 g/mol. The molecule has 4 amide bonds. The SMILES string of the molecule is CC(=O)N[C@@H](CCCCNC(=O)OCC1c2ccccc2-c2ccccc21)C(=O)NNC(=O)C(C)(C)C(=O)O. The minimum absolute atomic E-state index is 0.0401. The van der Waals surface area contributed by atoms with Crippen LogP contribution < -0.4 is 21.5 Å². The zero-order valence-corrected chi connectivity index (χ0v) is 22.2. The Morgan fingerprint density at radius 1 is 0.923 bits per heavy atom. The zero-order valence-electron chi connectivity index (χ0n) is 22.2. The first-order valence-corrected chi connectivity index (χ1v) is 12.7. The lowest BCUT2D eigenvalue weighted by molar-refractivity contribution is -0.154. The van der Waals surface area contributed by atoms with Crippen LogP contribution in [0.15, 0.2) is 48.5 Å². The van der Waals surface area contributed by atoms with Crippen molar-refractivity contribution >= 4 is 29.8 Å². The number of ether oxygens (including phenoxy) is 1. The quantitative estimate of drug-likeness (QED) is 0.167. The standard InChI is InChI=1S/C28H34N4O7/c1-17(33)30-23(24(34)31-32-25(35)28(2,3)26(36)37)14-8-9-15-29-27(38)39-16-22-20-12-6-4-10-18(20)19-11-5-7-13-21(19)22/h4-7,10-13,22-23H,8-9,14-16H2,1-3H3,(H,29,38)(H,30,33)(H,31,34)(H,32,35)(H,36,37)/t23-/m0/s1. The van der Waals surface area contributed by atoms with Gasteiger partial charge in [0.05, 0.1) is 0 Å². The number of hydrazine groups is 1. The molecule has 0 unspecified atom stereocenters. The number of carbonyl (C=O) groups excluding carboxylic acids is 4. The second-order valence-electron chi connectivity index (χ2n) is 9.87. The average molecular weight is 539 g/mol. The summed E-state index contributed by atoms with van der Waals surface area (Å²) in [7, 11) is 0. The zero-order chi connectivity index (χ0) is 28.6. The highest BCUT2D eigenvalue weighted by molar-refractivity contribution is 6.01. The van der Waals surface area contributed by atoms with E-state index >= 15 is 0 Å². The smallest absolute Gasteiger partial charge is 0.407 e. The van der Waals surface area contributed by atoms with Crippen LogP contribution in [0.5, 0.6) is 0 Å². The molecule has 0 spiro atoms. The molecular weight excluding hydrogens is 504 g/mol. The van der Waals surface area contributed by atoms with E-state index in [1.807, 2.05) is 36.4 Å². The summed E-state index contributed by atoms with van der Waals surface area (Å²) in [6.07, 6.45) is 0.662. The van der Waals surface area contributed by atoms with E-state index in [1.54, 1.807) is 0 Å². The van der Waals surface area contributed by atoms with Gasteiger partial charge in [0, 0.05) is 19.4 Å². The molecule has 0 fully saturated rings. The lowest BCUT2D eigenvalue weighted by atomic mass is 9.93. The lowest BCUT2D eigenvalue weighted by Crippen LogP contribution is -2.55. The normalized spacial score (nSPS) is 12.9. The first-order valence-electron chi connectivity index (χ1n) is 12.7. The molecule has 11 nitrogen and oxygen atoms in total. The summed E-state index contributed by atoms with van der Waals surface area (Å²) >= 11 is 0. The van der Waals surface area contributed by atoms with E-state index in [1.165, 1.54) is 20.8 Å².